The molecule has 2 aromatic heterocycles. The number of nitrogen functional groups attached to an aromatic ring is 1. The minimum absolute atomic E-state index is 0.0171. The number of nitrogens with two attached hydrogens (primary N) is 1. The number of sulfonamides is 1. The molecule has 20 heavy (non-hydrogen) atoms. The maximum absolute atomic E-state index is 12.1. The van der Waals surface area contributed by atoms with Gasteiger partial charge in [0.15, 0.2) is 0 Å². The van der Waals surface area contributed by atoms with E-state index in [0.29, 0.717) is 12.1 Å². The van der Waals surface area contributed by atoms with Crippen LogP contribution in [0.5, 0.6) is 0 Å². The van der Waals surface area contributed by atoms with Crippen LogP contribution in [0.25, 0.3) is 0 Å². The van der Waals surface area contributed by atoms with Crippen molar-refractivity contribution < 1.29 is 8.42 Å². The Balaban J connectivity index is 2.04. The van der Waals surface area contributed by atoms with E-state index < -0.39 is 10.0 Å². The highest BCUT2D eigenvalue weighted by molar-refractivity contribution is 7.89. The summed E-state index contributed by atoms with van der Waals surface area (Å²) in [4.78, 5) is 7.94. The van der Waals surface area contributed by atoms with Gasteiger partial charge in [-0.15, -0.1) is 0 Å². The molecule has 0 saturated carbocycles. The van der Waals surface area contributed by atoms with Gasteiger partial charge in [-0.1, -0.05) is 6.07 Å². The molecule has 0 atom stereocenters. The van der Waals surface area contributed by atoms with E-state index in [0.717, 1.165) is 5.69 Å². The van der Waals surface area contributed by atoms with Crippen molar-refractivity contribution in [1.82, 2.24) is 14.7 Å². The minimum Gasteiger partial charge on any atom is -0.323 e. The summed E-state index contributed by atoms with van der Waals surface area (Å²) in [6.07, 6.45) is 4.88. The second-order valence-electron chi connectivity index (χ2n) is 3.99. The van der Waals surface area contributed by atoms with Crippen LogP contribution in [0.1, 0.15) is 5.69 Å². The van der Waals surface area contributed by atoms with Crippen LogP contribution >= 0.6 is 0 Å². The predicted molar refractivity (Wildman–Crippen MR) is 75.2 cm³/mol. The largest absolute Gasteiger partial charge is 0.323 e. The molecule has 4 N–H and O–H groups in total. The Morgan fingerprint density at radius 3 is 2.75 bits per heavy atom. The quantitative estimate of drug-likeness (QED) is 0.521. The number of rotatable bonds is 6. The number of nitrogens with zero attached hydrogens (tertiary/aromatic N) is 2. The number of hydrazine groups is 1. The van der Waals surface area contributed by atoms with Gasteiger partial charge in [-0.3, -0.25) is 15.8 Å². The van der Waals surface area contributed by atoms with Crippen LogP contribution < -0.4 is 16.0 Å². The lowest BCUT2D eigenvalue weighted by Gasteiger charge is -2.10. The van der Waals surface area contributed by atoms with E-state index >= 15 is 0 Å². The van der Waals surface area contributed by atoms with Crippen LogP contribution in [0.4, 0.5) is 5.69 Å². The van der Waals surface area contributed by atoms with Gasteiger partial charge >= 0.3 is 0 Å². The summed E-state index contributed by atoms with van der Waals surface area (Å²) in [6.45, 7) is 0.248. The predicted octanol–water partition coefficient (Wildman–Crippen LogP) is 0.283. The van der Waals surface area contributed by atoms with Gasteiger partial charge < -0.3 is 5.43 Å². The van der Waals surface area contributed by atoms with Crippen molar-refractivity contribution in [3.05, 3.63) is 48.5 Å². The zero-order chi connectivity index (χ0) is 14.4. The monoisotopic (exact) mass is 293 g/mol. The summed E-state index contributed by atoms with van der Waals surface area (Å²) in [7, 11) is -3.66. The molecular weight excluding hydrogens is 278 g/mol. The number of aromatic nitrogens is 2. The maximum Gasteiger partial charge on any atom is 0.244 e. The molecule has 2 rings (SSSR count). The second-order valence-corrected chi connectivity index (χ2v) is 5.72. The third-order valence-corrected chi connectivity index (χ3v) is 4.12. The number of anilines is 1. The number of pyridine rings is 2. The number of hydrogen-bond acceptors (Lipinski definition) is 6. The highest BCUT2D eigenvalue weighted by Crippen LogP contribution is 2.17. The van der Waals surface area contributed by atoms with Gasteiger partial charge in [-0.05, 0) is 18.2 Å². The van der Waals surface area contributed by atoms with Crippen molar-refractivity contribution in [1.29, 1.82) is 0 Å². The molecule has 2 aromatic rings. The molecular formula is C12H15N5O2S. The van der Waals surface area contributed by atoms with E-state index in [2.05, 4.69) is 20.1 Å². The fourth-order valence-corrected chi connectivity index (χ4v) is 2.79. The molecule has 0 aromatic carbocycles. The molecule has 7 nitrogen and oxygen atoms in total. The molecule has 0 bridgehead atoms. The minimum atomic E-state index is -3.66. The Morgan fingerprint density at radius 1 is 1.20 bits per heavy atom. The van der Waals surface area contributed by atoms with Gasteiger partial charge in [0, 0.05) is 37.3 Å². The molecule has 0 amide bonds. The number of nitrogens with one attached hydrogen (secondary N) is 2. The molecule has 0 radical (unpaired) electrons. The highest BCUT2D eigenvalue weighted by Gasteiger charge is 2.17. The normalized spacial score (nSPS) is 11.2. The molecule has 0 spiro atoms. The van der Waals surface area contributed by atoms with Crippen molar-refractivity contribution in [2.24, 2.45) is 5.84 Å². The zero-order valence-electron chi connectivity index (χ0n) is 10.7. The third kappa shape index (κ3) is 3.50. The lowest BCUT2D eigenvalue weighted by atomic mass is 10.3. The van der Waals surface area contributed by atoms with Gasteiger partial charge in [-0.2, -0.15) is 0 Å². The van der Waals surface area contributed by atoms with Crippen molar-refractivity contribution in [3.8, 4) is 0 Å². The number of hydrogen-bond donors (Lipinski definition) is 3. The van der Waals surface area contributed by atoms with Crippen LogP contribution in [-0.2, 0) is 16.4 Å². The second kappa shape index (κ2) is 6.42. The molecule has 0 aliphatic carbocycles. The molecule has 0 unspecified atom stereocenters. The average Bonchev–Trinajstić information content (AvgIpc) is 2.48. The lowest BCUT2D eigenvalue weighted by Crippen LogP contribution is -2.27. The molecule has 8 heteroatoms. The molecule has 0 aliphatic heterocycles. The summed E-state index contributed by atoms with van der Waals surface area (Å²) in [5.41, 5.74) is 3.45. The molecule has 106 valence electrons. The SMILES string of the molecule is NNc1ccncc1S(=O)(=O)NCCc1ccccn1. The lowest BCUT2D eigenvalue weighted by molar-refractivity contribution is 0.581. The summed E-state index contributed by atoms with van der Waals surface area (Å²) in [6, 6.07) is 7.00. The van der Waals surface area contributed by atoms with Gasteiger partial charge in [0.2, 0.25) is 10.0 Å². The van der Waals surface area contributed by atoms with Crippen molar-refractivity contribution in [2.45, 2.75) is 11.3 Å². The topological polar surface area (TPSA) is 110 Å². The van der Waals surface area contributed by atoms with Crippen molar-refractivity contribution >= 4 is 15.7 Å². The smallest absolute Gasteiger partial charge is 0.244 e. The standard InChI is InChI=1S/C12H15N5O2S/c13-17-11-5-7-14-9-12(11)20(18,19)16-8-4-10-3-1-2-6-15-10/h1-3,5-7,9,16H,4,8,13H2,(H,14,17). The Hall–Kier alpha value is -2.03. The van der Waals surface area contributed by atoms with E-state index in [1.54, 1.807) is 6.20 Å². The molecule has 0 saturated heterocycles. The highest BCUT2D eigenvalue weighted by atomic mass is 32.2. The van der Waals surface area contributed by atoms with Crippen molar-refractivity contribution in [2.75, 3.05) is 12.0 Å². The fraction of sp³-hybridized carbons (Fsp3) is 0.167. The van der Waals surface area contributed by atoms with Gasteiger partial charge in [0.25, 0.3) is 0 Å². The Kier molecular flexibility index (Phi) is 4.61. The fourth-order valence-electron chi connectivity index (χ4n) is 1.65. The van der Waals surface area contributed by atoms with Crippen LogP contribution in [0.3, 0.4) is 0 Å². The molecule has 0 aliphatic rings. The van der Waals surface area contributed by atoms with E-state index in [-0.39, 0.29) is 11.4 Å². The first-order valence-electron chi connectivity index (χ1n) is 5.93. The summed E-state index contributed by atoms with van der Waals surface area (Å²) >= 11 is 0. The Bertz CT molecular complexity index is 661. The summed E-state index contributed by atoms with van der Waals surface area (Å²) in [5, 5.41) is 0. The Morgan fingerprint density at radius 2 is 2.05 bits per heavy atom. The molecule has 2 heterocycles. The van der Waals surface area contributed by atoms with E-state index in [4.69, 9.17) is 5.84 Å². The first kappa shape index (κ1) is 14.4. The van der Waals surface area contributed by atoms with Crippen LogP contribution in [0.15, 0.2) is 47.8 Å². The average molecular weight is 293 g/mol. The van der Waals surface area contributed by atoms with Gasteiger partial charge in [0.1, 0.15) is 4.90 Å². The summed E-state index contributed by atoms with van der Waals surface area (Å²) < 4.78 is 26.8. The molecule has 0 fully saturated rings. The maximum atomic E-state index is 12.1. The van der Waals surface area contributed by atoms with Gasteiger partial charge in [-0.25, -0.2) is 13.1 Å². The van der Waals surface area contributed by atoms with Crippen molar-refractivity contribution in [3.63, 3.8) is 0 Å². The Labute approximate surface area is 117 Å². The van der Waals surface area contributed by atoms with E-state index in [1.165, 1.54) is 18.5 Å². The van der Waals surface area contributed by atoms with Crippen LogP contribution in [0.2, 0.25) is 0 Å². The zero-order valence-corrected chi connectivity index (χ0v) is 11.5. The third-order valence-electron chi connectivity index (χ3n) is 2.63. The first-order valence-corrected chi connectivity index (χ1v) is 7.42. The van der Waals surface area contributed by atoms with Crippen LogP contribution in [0, 0.1) is 0 Å². The first-order chi connectivity index (χ1) is 9.63. The van der Waals surface area contributed by atoms with Gasteiger partial charge in [0.05, 0.1) is 5.69 Å². The van der Waals surface area contributed by atoms with E-state index in [9.17, 15) is 8.42 Å². The summed E-state index contributed by atoms with van der Waals surface area (Å²) in [5.74, 6) is 5.29. The van der Waals surface area contributed by atoms with E-state index in [1.807, 2.05) is 18.2 Å². The van der Waals surface area contributed by atoms with Crippen LogP contribution in [-0.4, -0.2) is 24.9 Å².